The zero-order valence-electron chi connectivity index (χ0n) is 14.2. The number of hydrogen-bond donors (Lipinski definition) is 2. The van der Waals surface area contributed by atoms with Gasteiger partial charge >= 0.3 is 0 Å². The van der Waals surface area contributed by atoms with Crippen molar-refractivity contribution in [3.8, 4) is 0 Å². The van der Waals surface area contributed by atoms with Crippen molar-refractivity contribution < 1.29 is 13.2 Å². The van der Waals surface area contributed by atoms with Gasteiger partial charge in [-0.1, -0.05) is 22.0 Å². The van der Waals surface area contributed by atoms with Gasteiger partial charge in [0.2, 0.25) is 0 Å². The molecule has 2 N–H and O–H groups in total. The second kappa shape index (κ2) is 7.85. The zero-order valence-corrected chi connectivity index (χ0v) is 16.6. The third-order valence-corrected chi connectivity index (χ3v) is 5.42. The van der Waals surface area contributed by atoms with E-state index in [1.807, 2.05) is 0 Å². The summed E-state index contributed by atoms with van der Waals surface area (Å²) in [5.41, 5.74) is 1.60. The summed E-state index contributed by atoms with van der Waals surface area (Å²) in [5, 5.41) is 2.62. The Labute approximate surface area is 165 Å². The molecule has 0 bridgehead atoms. The first kappa shape index (κ1) is 19.0. The van der Waals surface area contributed by atoms with Crippen molar-refractivity contribution in [2.24, 2.45) is 0 Å². The molecule has 1 heterocycles. The summed E-state index contributed by atoms with van der Waals surface area (Å²) in [6, 6.07) is 12.7. The van der Waals surface area contributed by atoms with Gasteiger partial charge in [-0.15, -0.1) is 0 Å². The van der Waals surface area contributed by atoms with E-state index in [1.165, 1.54) is 24.5 Å². The van der Waals surface area contributed by atoms with Crippen molar-refractivity contribution in [1.82, 2.24) is 9.97 Å². The van der Waals surface area contributed by atoms with E-state index in [2.05, 4.69) is 35.9 Å². The molecule has 27 heavy (non-hydrogen) atoms. The summed E-state index contributed by atoms with van der Waals surface area (Å²) >= 11 is 3.30. The summed E-state index contributed by atoms with van der Waals surface area (Å²) in [6.07, 6.45) is 2.85. The van der Waals surface area contributed by atoms with Crippen LogP contribution in [0.4, 0.5) is 11.4 Å². The highest BCUT2D eigenvalue weighted by molar-refractivity contribution is 9.10. The van der Waals surface area contributed by atoms with Crippen LogP contribution >= 0.6 is 15.9 Å². The summed E-state index contributed by atoms with van der Waals surface area (Å²) in [4.78, 5) is 20.3. The highest BCUT2D eigenvalue weighted by Crippen LogP contribution is 2.21. The van der Waals surface area contributed by atoms with Crippen LogP contribution < -0.4 is 10.0 Å². The van der Waals surface area contributed by atoms with Gasteiger partial charge in [-0.3, -0.25) is 14.5 Å². The standard InChI is InChI=1S/C18H15BrN4O3S/c1-12-10-21-17(11-20-12)18(24)22-15-3-2-4-16(9-15)27(25,26)23-14-7-5-13(19)6-8-14/h2-11,23H,1H3,(H,22,24). The number of aromatic nitrogens is 2. The van der Waals surface area contributed by atoms with Crippen LogP contribution in [0.25, 0.3) is 0 Å². The Morgan fingerprint density at radius 3 is 2.41 bits per heavy atom. The fourth-order valence-corrected chi connectivity index (χ4v) is 3.55. The number of rotatable bonds is 5. The molecule has 0 saturated carbocycles. The quantitative estimate of drug-likeness (QED) is 0.623. The normalized spacial score (nSPS) is 11.0. The number of anilines is 2. The molecule has 3 rings (SSSR count). The minimum Gasteiger partial charge on any atom is -0.321 e. The molecule has 0 saturated heterocycles. The SMILES string of the molecule is Cc1cnc(C(=O)Nc2cccc(S(=O)(=O)Nc3ccc(Br)cc3)c2)cn1. The first-order valence-electron chi connectivity index (χ1n) is 7.82. The molecule has 3 aromatic rings. The number of sulfonamides is 1. The third kappa shape index (κ3) is 4.89. The van der Waals surface area contributed by atoms with Crippen LogP contribution in [0.15, 0.2) is 70.3 Å². The number of carbonyl (C=O) groups is 1. The molecule has 9 heteroatoms. The average molecular weight is 447 g/mol. The molecule has 2 aromatic carbocycles. The number of amides is 1. The minimum absolute atomic E-state index is 0.0261. The van der Waals surface area contributed by atoms with E-state index >= 15 is 0 Å². The van der Waals surface area contributed by atoms with E-state index < -0.39 is 15.9 Å². The van der Waals surface area contributed by atoms with E-state index in [0.29, 0.717) is 17.1 Å². The number of nitrogens with one attached hydrogen (secondary N) is 2. The maximum Gasteiger partial charge on any atom is 0.275 e. The molecule has 0 aliphatic rings. The highest BCUT2D eigenvalue weighted by atomic mass is 79.9. The number of aryl methyl sites for hydroxylation is 1. The summed E-state index contributed by atoms with van der Waals surface area (Å²) in [5.74, 6) is -0.474. The fourth-order valence-electron chi connectivity index (χ4n) is 2.18. The predicted octanol–water partition coefficient (Wildman–Crippen LogP) is 3.60. The molecule has 0 unspecified atom stereocenters. The van der Waals surface area contributed by atoms with E-state index in [9.17, 15) is 13.2 Å². The molecule has 0 spiro atoms. The summed E-state index contributed by atoms with van der Waals surface area (Å²) in [7, 11) is -3.80. The second-order valence-electron chi connectivity index (χ2n) is 5.64. The monoisotopic (exact) mass is 446 g/mol. The lowest BCUT2D eigenvalue weighted by Gasteiger charge is -2.10. The van der Waals surface area contributed by atoms with Gasteiger partial charge in [-0.05, 0) is 49.4 Å². The zero-order chi connectivity index (χ0) is 19.4. The van der Waals surface area contributed by atoms with Gasteiger partial charge in [0, 0.05) is 22.0 Å². The molecular weight excluding hydrogens is 432 g/mol. The average Bonchev–Trinajstić information content (AvgIpc) is 2.64. The molecule has 7 nitrogen and oxygen atoms in total. The van der Waals surface area contributed by atoms with Crippen LogP contribution in [0.2, 0.25) is 0 Å². The first-order chi connectivity index (χ1) is 12.8. The molecule has 1 aromatic heterocycles. The first-order valence-corrected chi connectivity index (χ1v) is 10.1. The fraction of sp³-hybridized carbons (Fsp3) is 0.0556. The lowest BCUT2D eigenvalue weighted by molar-refractivity contribution is 0.102. The smallest absolute Gasteiger partial charge is 0.275 e. The number of halogens is 1. The van der Waals surface area contributed by atoms with Gasteiger partial charge in [0.15, 0.2) is 0 Å². The Balaban J connectivity index is 1.78. The van der Waals surface area contributed by atoms with Gasteiger partial charge in [0.05, 0.1) is 16.8 Å². The third-order valence-electron chi connectivity index (χ3n) is 3.51. The largest absolute Gasteiger partial charge is 0.321 e. The highest BCUT2D eigenvalue weighted by Gasteiger charge is 2.16. The van der Waals surface area contributed by atoms with Crippen molar-refractivity contribution in [1.29, 1.82) is 0 Å². The van der Waals surface area contributed by atoms with E-state index in [4.69, 9.17) is 0 Å². The lowest BCUT2D eigenvalue weighted by atomic mass is 10.3. The van der Waals surface area contributed by atoms with Gasteiger partial charge in [-0.25, -0.2) is 13.4 Å². The van der Waals surface area contributed by atoms with Gasteiger partial charge in [0.1, 0.15) is 5.69 Å². The Morgan fingerprint density at radius 1 is 1.00 bits per heavy atom. The van der Waals surface area contributed by atoms with Crippen LogP contribution in [0, 0.1) is 6.92 Å². The van der Waals surface area contributed by atoms with Gasteiger partial charge < -0.3 is 5.32 Å². The van der Waals surface area contributed by atoms with E-state index in [0.717, 1.165) is 4.47 Å². The van der Waals surface area contributed by atoms with Crippen molar-refractivity contribution in [3.63, 3.8) is 0 Å². The van der Waals surface area contributed by atoms with Crippen molar-refractivity contribution in [2.45, 2.75) is 11.8 Å². The topological polar surface area (TPSA) is 101 Å². The molecule has 0 fully saturated rings. The van der Waals surface area contributed by atoms with Crippen LogP contribution in [-0.4, -0.2) is 24.3 Å². The second-order valence-corrected chi connectivity index (χ2v) is 8.24. The Morgan fingerprint density at radius 2 is 1.74 bits per heavy atom. The maximum atomic E-state index is 12.6. The minimum atomic E-state index is -3.80. The van der Waals surface area contributed by atoms with Crippen LogP contribution in [0.3, 0.4) is 0 Å². The molecule has 0 aliphatic carbocycles. The Bertz CT molecular complexity index is 1070. The summed E-state index contributed by atoms with van der Waals surface area (Å²) < 4.78 is 28.5. The maximum absolute atomic E-state index is 12.6. The Hall–Kier alpha value is -2.78. The van der Waals surface area contributed by atoms with Crippen molar-refractivity contribution in [3.05, 3.63) is 76.8 Å². The predicted molar refractivity (Wildman–Crippen MR) is 106 cm³/mol. The number of carbonyl (C=O) groups excluding carboxylic acids is 1. The molecule has 1 amide bonds. The molecule has 0 atom stereocenters. The van der Waals surface area contributed by atoms with Crippen LogP contribution in [0.5, 0.6) is 0 Å². The van der Waals surface area contributed by atoms with Crippen LogP contribution in [-0.2, 0) is 10.0 Å². The van der Waals surface area contributed by atoms with Gasteiger partial charge in [-0.2, -0.15) is 0 Å². The molecular formula is C18H15BrN4O3S. The van der Waals surface area contributed by atoms with Gasteiger partial charge in [0.25, 0.3) is 15.9 Å². The van der Waals surface area contributed by atoms with E-state index in [-0.39, 0.29) is 10.6 Å². The number of benzene rings is 2. The number of nitrogens with zero attached hydrogens (tertiary/aromatic N) is 2. The molecule has 0 aliphatic heterocycles. The lowest BCUT2D eigenvalue weighted by Crippen LogP contribution is -2.16. The number of hydrogen-bond acceptors (Lipinski definition) is 5. The summed E-state index contributed by atoms with van der Waals surface area (Å²) in [6.45, 7) is 1.77. The van der Waals surface area contributed by atoms with Crippen LogP contribution in [0.1, 0.15) is 16.2 Å². The molecule has 138 valence electrons. The molecule has 0 radical (unpaired) electrons. The van der Waals surface area contributed by atoms with Crippen molar-refractivity contribution in [2.75, 3.05) is 10.0 Å². The van der Waals surface area contributed by atoms with Crippen molar-refractivity contribution >= 4 is 43.2 Å². The van der Waals surface area contributed by atoms with E-state index in [1.54, 1.807) is 43.3 Å². The Kier molecular flexibility index (Phi) is 5.52.